The molecule has 1 aliphatic rings. The number of aliphatic hydroxyl groups excluding tert-OH is 3. The van der Waals surface area contributed by atoms with Crippen LogP contribution in [0.2, 0.25) is 0 Å². The van der Waals surface area contributed by atoms with Gasteiger partial charge in [-0.2, -0.15) is 0 Å². The number of benzene rings is 1. The summed E-state index contributed by atoms with van der Waals surface area (Å²) in [5.41, 5.74) is 1.62. The Bertz CT molecular complexity index is 633. The van der Waals surface area contributed by atoms with Crippen molar-refractivity contribution in [3.63, 3.8) is 0 Å². The summed E-state index contributed by atoms with van der Waals surface area (Å²) >= 11 is 0. The van der Waals surface area contributed by atoms with Gasteiger partial charge in [-0.25, -0.2) is 4.68 Å². The molecule has 23 heavy (non-hydrogen) atoms. The van der Waals surface area contributed by atoms with E-state index in [1.165, 1.54) is 11.8 Å². The van der Waals surface area contributed by atoms with Crippen molar-refractivity contribution in [1.82, 2.24) is 15.0 Å². The molecule has 1 fully saturated rings. The van der Waals surface area contributed by atoms with E-state index in [0.717, 1.165) is 5.56 Å². The second-order valence-electron chi connectivity index (χ2n) is 5.44. The Morgan fingerprint density at radius 3 is 2.57 bits per heavy atom. The van der Waals surface area contributed by atoms with E-state index in [1.54, 1.807) is 6.20 Å². The third-order valence-electron chi connectivity index (χ3n) is 3.88. The topological polar surface area (TPSA) is 110 Å². The standard InChI is InChI=1S/C15H19N3O5/c1-22-15-14(21)13(20)12(19)11(23-15)8-18-7-10(16-17-18)9-5-3-2-4-6-9/h2-7,11-15,19-21H,8H2,1H3/t11-,12+,13+,14-,15-/m1/s1. The summed E-state index contributed by atoms with van der Waals surface area (Å²) in [5, 5.41) is 37.8. The Kier molecular flexibility index (Phi) is 4.69. The van der Waals surface area contributed by atoms with Crippen LogP contribution in [0.3, 0.4) is 0 Å². The van der Waals surface area contributed by atoms with Gasteiger partial charge >= 0.3 is 0 Å². The van der Waals surface area contributed by atoms with Gasteiger partial charge in [-0.05, 0) is 0 Å². The van der Waals surface area contributed by atoms with Crippen LogP contribution in [0, 0.1) is 0 Å². The average Bonchev–Trinajstić information content (AvgIpc) is 3.05. The summed E-state index contributed by atoms with van der Waals surface area (Å²) in [6.45, 7) is 0.171. The van der Waals surface area contributed by atoms with Crippen molar-refractivity contribution in [3.05, 3.63) is 36.5 Å². The molecule has 0 amide bonds. The number of hydrogen-bond donors (Lipinski definition) is 3. The van der Waals surface area contributed by atoms with Crippen molar-refractivity contribution in [1.29, 1.82) is 0 Å². The van der Waals surface area contributed by atoms with Gasteiger partial charge in [0.15, 0.2) is 6.29 Å². The van der Waals surface area contributed by atoms with Crippen molar-refractivity contribution < 1.29 is 24.8 Å². The van der Waals surface area contributed by atoms with Gasteiger partial charge in [0.2, 0.25) is 0 Å². The fourth-order valence-electron chi connectivity index (χ4n) is 2.58. The van der Waals surface area contributed by atoms with Crippen molar-refractivity contribution >= 4 is 0 Å². The molecule has 1 aromatic heterocycles. The van der Waals surface area contributed by atoms with E-state index >= 15 is 0 Å². The van der Waals surface area contributed by atoms with E-state index in [2.05, 4.69) is 10.3 Å². The molecule has 0 spiro atoms. The van der Waals surface area contributed by atoms with Gasteiger partial charge in [-0.15, -0.1) is 5.10 Å². The van der Waals surface area contributed by atoms with E-state index in [4.69, 9.17) is 9.47 Å². The molecule has 2 heterocycles. The maximum Gasteiger partial charge on any atom is 0.186 e. The molecule has 0 unspecified atom stereocenters. The zero-order valence-corrected chi connectivity index (χ0v) is 12.6. The lowest BCUT2D eigenvalue weighted by atomic mass is 9.99. The van der Waals surface area contributed by atoms with Crippen LogP contribution in [-0.2, 0) is 16.0 Å². The Morgan fingerprint density at radius 2 is 1.87 bits per heavy atom. The first-order valence-electron chi connectivity index (χ1n) is 7.28. The van der Waals surface area contributed by atoms with E-state index in [-0.39, 0.29) is 6.54 Å². The summed E-state index contributed by atoms with van der Waals surface area (Å²) < 4.78 is 12.0. The van der Waals surface area contributed by atoms with Gasteiger partial charge in [0.1, 0.15) is 30.1 Å². The molecule has 3 rings (SSSR count). The lowest BCUT2D eigenvalue weighted by Gasteiger charge is -2.39. The Balaban J connectivity index is 1.73. The second-order valence-corrected chi connectivity index (χ2v) is 5.44. The SMILES string of the molecule is CO[C@@H]1O[C@H](Cn2cc(-c3ccccc3)nn2)[C@H](O)[C@H](O)[C@H]1O. The monoisotopic (exact) mass is 321 g/mol. The number of hydrogen-bond acceptors (Lipinski definition) is 7. The predicted molar refractivity (Wildman–Crippen MR) is 79.1 cm³/mol. The molecule has 0 aliphatic carbocycles. The van der Waals surface area contributed by atoms with Crippen LogP contribution in [0.1, 0.15) is 0 Å². The number of methoxy groups -OCH3 is 1. The van der Waals surface area contributed by atoms with Gasteiger partial charge in [0, 0.05) is 12.7 Å². The fourth-order valence-corrected chi connectivity index (χ4v) is 2.58. The minimum Gasteiger partial charge on any atom is -0.388 e. The molecule has 8 heteroatoms. The first kappa shape index (κ1) is 16.0. The van der Waals surface area contributed by atoms with Crippen LogP contribution in [-0.4, -0.2) is 68.1 Å². The van der Waals surface area contributed by atoms with E-state index in [1.807, 2.05) is 30.3 Å². The highest BCUT2D eigenvalue weighted by Gasteiger charge is 2.44. The zero-order valence-electron chi connectivity index (χ0n) is 12.6. The fraction of sp³-hybridized carbons (Fsp3) is 0.467. The van der Waals surface area contributed by atoms with Crippen molar-refractivity contribution in [3.8, 4) is 11.3 Å². The highest BCUT2D eigenvalue weighted by atomic mass is 16.7. The minimum atomic E-state index is -1.35. The van der Waals surface area contributed by atoms with Crippen molar-refractivity contribution in [2.75, 3.05) is 7.11 Å². The molecule has 5 atom stereocenters. The molecule has 124 valence electrons. The predicted octanol–water partition coefficient (Wildman–Crippen LogP) is -0.601. The highest BCUT2D eigenvalue weighted by molar-refractivity contribution is 5.57. The van der Waals surface area contributed by atoms with Gasteiger partial charge in [-0.1, -0.05) is 35.5 Å². The molecule has 1 saturated heterocycles. The third kappa shape index (κ3) is 3.26. The molecule has 0 radical (unpaired) electrons. The Morgan fingerprint density at radius 1 is 1.13 bits per heavy atom. The van der Waals surface area contributed by atoms with Crippen LogP contribution in [0.5, 0.6) is 0 Å². The molecule has 2 aromatic rings. The first-order valence-corrected chi connectivity index (χ1v) is 7.28. The summed E-state index contributed by atoms with van der Waals surface area (Å²) in [6, 6.07) is 9.56. The highest BCUT2D eigenvalue weighted by Crippen LogP contribution is 2.23. The van der Waals surface area contributed by atoms with Gasteiger partial charge in [0.25, 0.3) is 0 Å². The van der Waals surface area contributed by atoms with E-state index < -0.39 is 30.7 Å². The molecule has 3 N–H and O–H groups in total. The molecule has 1 aromatic carbocycles. The molecule has 0 bridgehead atoms. The smallest absolute Gasteiger partial charge is 0.186 e. The molecular formula is C15H19N3O5. The summed E-state index contributed by atoms with van der Waals surface area (Å²) in [5.74, 6) is 0. The van der Waals surface area contributed by atoms with Crippen LogP contribution in [0.4, 0.5) is 0 Å². The first-order chi connectivity index (χ1) is 11.1. The summed E-state index contributed by atoms with van der Waals surface area (Å²) in [6.07, 6.45) is -3.96. The van der Waals surface area contributed by atoms with E-state index in [9.17, 15) is 15.3 Å². The maximum absolute atomic E-state index is 10.1. The van der Waals surface area contributed by atoms with Gasteiger partial charge in [-0.3, -0.25) is 0 Å². The summed E-state index contributed by atoms with van der Waals surface area (Å²) in [7, 11) is 1.36. The minimum absolute atomic E-state index is 0.171. The molecule has 0 saturated carbocycles. The molecular weight excluding hydrogens is 302 g/mol. The average molecular weight is 321 g/mol. The van der Waals surface area contributed by atoms with Crippen LogP contribution >= 0.6 is 0 Å². The number of aromatic nitrogens is 3. The number of ether oxygens (including phenoxy) is 2. The zero-order chi connectivity index (χ0) is 16.4. The second kappa shape index (κ2) is 6.73. The number of rotatable bonds is 4. The van der Waals surface area contributed by atoms with Crippen molar-refractivity contribution in [2.24, 2.45) is 0 Å². The van der Waals surface area contributed by atoms with Crippen molar-refractivity contribution in [2.45, 2.75) is 37.3 Å². The quantitative estimate of drug-likeness (QED) is 0.689. The van der Waals surface area contributed by atoms with Crippen LogP contribution < -0.4 is 0 Å². The van der Waals surface area contributed by atoms with Gasteiger partial charge in [0.05, 0.1) is 12.7 Å². The normalized spacial score (nSPS) is 31.2. The number of aliphatic hydroxyl groups is 3. The molecule has 8 nitrogen and oxygen atoms in total. The third-order valence-corrected chi connectivity index (χ3v) is 3.88. The van der Waals surface area contributed by atoms with Crippen LogP contribution in [0.25, 0.3) is 11.3 Å². The van der Waals surface area contributed by atoms with E-state index in [0.29, 0.717) is 5.69 Å². The van der Waals surface area contributed by atoms with Crippen LogP contribution in [0.15, 0.2) is 36.5 Å². The summed E-state index contributed by atoms with van der Waals surface area (Å²) in [4.78, 5) is 0. The lowest BCUT2D eigenvalue weighted by molar-refractivity contribution is -0.292. The largest absolute Gasteiger partial charge is 0.388 e. The lowest BCUT2D eigenvalue weighted by Crippen LogP contribution is -2.58. The Labute approximate surface area is 132 Å². The van der Waals surface area contributed by atoms with Gasteiger partial charge < -0.3 is 24.8 Å². The number of nitrogens with zero attached hydrogens (tertiary/aromatic N) is 3. The Hall–Kier alpha value is -1.84. The maximum atomic E-state index is 10.1. The molecule has 1 aliphatic heterocycles.